The third kappa shape index (κ3) is 9.29. The van der Waals surface area contributed by atoms with Crippen LogP contribution >= 0.6 is 0 Å². The molecule has 2 aliphatic heterocycles. The summed E-state index contributed by atoms with van der Waals surface area (Å²) < 4.78 is 6.01. The van der Waals surface area contributed by atoms with E-state index in [9.17, 15) is 9.59 Å². The Bertz CT molecular complexity index is 1380. The summed E-state index contributed by atoms with van der Waals surface area (Å²) in [5.74, 6) is 0.699. The molecule has 7 nitrogen and oxygen atoms in total. The number of carbonyl (C=O) groups is 2. The zero-order chi connectivity index (χ0) is 31.3. The van der Waals surface area contributed by atoms with Crippen molar-refractivity contribution in [2.75, 3.05) is 49.1 Å². The number of anilines is 2. The summed E-state index contributed by atoms with van der Waals surface area (Å²) in [5.41, 5.74) is 2.29. The van der Waals surface area contributed by atoms with Crippen molar-refractivity contribution in [1.82, 2.24) is 9.88 Å². The van der Waals surface area contributed by atoms with Gasteiger partial charge < -0.3 is 9.64 Å². The number of aryl methyl sites for hydroxylation is 1. The number of nitrogens with zero attached hydrogens (tertiary/aromatic N) is 4. The average molecular weight is 613 g/mol. The van der Waals surface area contributed by atoms with E-state index in [0.717, 1.165) is 70.4 Å². The maximum atomic E-state index is 13.1. The van der Waals surface area contributed by atoms with Crippen molar-refractivity contribution in [2.45, 2.75) is 96.8 Å². The molecular weight excluding hydrogens is 560 g/mol. The first-order valence-electron chi connectivity index (χ1n) is 17.6. The normalized spacial score (nSPS) is 15.4. The Kier molecular flexibility index (Phi) is 12.7. The lowest BCUT2D eigenvalue weighted by atomic mass is 10.0. The van der Waals surface area contributed by atoms with Crippen LogP contribution in [0.25, 0.3) is 10.8 Å². The van der Waals surface area contributed by atoms with Gasteiger partial charge in [-0.3, -0.25) is 14.5 Å². The number of unbranched alkanes of at least 4 members (excludes halogenated alkanes) is 9. The van der Waals surface area contributed by atoms with Gasteiger partial charge in [0, 0.05) is 56.2 Å². The summed E-state index contributed by atoms with van der Waals surface area (Å²) >= 11 is 0. The monoisotopic (exact) mass is 612 g/mol. The summed E-state index contributed by atoms with van der Waals surface area (Å²) in [4.78, 5) is 36.9. The van der Waals surface area contributed by atoms with E-state index in [4.69, 9.17) is 4.74 Å². The Morgan fingerprint density at radius 1 is 0.778 bits per heavy atom. The minimum atomic E-state index is -0.145. The molecule has 0 unspecified atom stereocenters. The van der Waals surface area contributed by atoms with Gasteiger partial charge in [-0.15, -0.1) is 0 Å². The second kappa shape index (κ2) is 17.3. The fourth-order valence-corrected chi connectivity index (χ4v) is 6.67. The van der Waals surface area contributed by atoms with Gasteiger partial charge in [-0.2, -0.15) is 4.98 Å². The first-order valence-corrected chi connectivity index (χ1v) is 17.6. The Morgan fingerprint density at radius 2 is 1.51 bits per heavy atom. The zero-order valence-corrected chi connectivity index (χ0v) is 27.4. The number of piperazine rings is 1. The fourth-order valence-electron chi connectivity index (χ4n) is 6.67. The predicted octanol–water partition coefficient (Wildman–Crippen LogP) is 7.94. The average Bonchev–Trinajstić information content (AvgIpc) is 3.07. The summed E-state index contributed by atoms with van der Waals surface area (Å²) in [6.45, 7) is 8.07. The fraction of sp³-hybridized carbons (Fsp3) is 0.553. The van der Waals surface area contributed by atoms with E-state index in [1.807, 2.05) is 12.1 Å². The predicted molar refractivity (Wildman–Crippen MR) is 184 cm³/mol. The molecule has 2 aliphatic rings. The van der Waals surface area contributed by atoms with Crippen molar-refractivity contribution in [3.63, 3.8) is 0 Å². The molecule has 3 heterocycles. The number of benzene rings is 2. The number of hydrogen-bond acceptors (Lipinski definition) is 6. The van der Waals surface area contributed by atoms with Gasteiger partial charge in [0.05, 0.1) is 6.61 Å². The largest absolute Gasteiger partial charge is 0.478 e. The molecule has 0 bridgehead atoms. The van der Waals surface area contributed by atoms with E-state index in [0.29, 0.717) is 37.6 Å². The van der Waals surface area contributed by atoms with Crippen LogP contribution < -0.4 is 14.5 Å². The minimum Gasteiger partial charge on any atom is -0.478 e. The van der Waals surface area contributed by atoms with Gasteiger partial charge in [-0.25, -0.2) is 4.90 Å². The number of fused-ring (bicyclic) bond motifs is 2. The van der Waals surface area contributed by atoms with E-state index >= 15 is 0 Å². The third-order valence-electron chi connectivity index (χ3n) is 9.34. The maximum Gasteiger partial charge on any atom is 0.235 e. The summed E-state index contributed by atoms with van der Waals surface area (Å²) in [7, 11) is 0. The van der Waals surface area contributed by atoms with Gasteiger partial charge in [0.25, 0.3) is 0 Å². The van der Waals surface area contributed by atoms with Crippen LogP contribution in [0.2, 0.25) is 0 Å². The van der Waals surface area contributed by atoms with Crippen LogP contribution in [-0.4, -0.2) is 61.0 Å². The molecule has 0 spiro atoms. The number of aromatic nitrogens is 1. The molecule has 0 aliphatic carbocycles. The lowest BCUT2D eigenvalue weighted by Crippen LogP contribution is -2.46. The van der Waals surface area contributed by atoms with Gasteiger partial charge in [0.15, 0.2) is 0 Å². The molecule has 0 saturated carbocycles. The van der Waals surface area contributed by atoms with Crippen molar-refractivity contribution in [2.24, 2.45) is 0 Å². The highest BCUT2D eigenvalue weighted by atomic mass is 16.5. The number of hydrogen-bond donors (Lipinski definition) is 0. The van der Waals surface area contributed by atoms with Crippen molar-refractivity contribution < 1.29 is 14.3 Å². The van der Waals surface area contributed by atoms with Crippen molar-refractivity contribution in [1.29, 1.82) is 0 Å². The highest BCUT2D eigenvalue weighted by molar-refractivity contribution is 6.15. The molecule has 7 heteroatoms. The zero-order valence-electron chi connectivity index (χ0n) is 27.4. The molecule has 242 valence electrons. The lowest BCUT2D eigenvalue weighted by molar-refractivity contribution is -0.127. The number of rotatable bonds is 17. The van der Waals surface area contributed by atoms with Gasteiger partial charge in [-0.1, -0.05) is 94.7 Å². The second-order valence-electron chi connectivity index (χ2n) is 12.7. The Balaban J connectivity index is 1.01. The van der Waals surface area contributed by atoms with Gasteiger partial charge in [-0.05, 0) is 55.3 Å². The number of carbonyl (C=O) groups excluding carboxylic acids is 2. The molecule has 0 atom stereocenters. The van der Waals surface area contributed by atoms with Crippen LogP contribution in [0, 0.1) is 0 Å². The molecule has 1 saturated heterocycles. The lowest BCUT2D eigenvalue weighted by Gasteiger charge is -2.36. The molecule has 0 N–H and O–H groups in total. The number of ether oxygens (including phenoxy) is 1. The Hall–Kier alpha value is -3.45. The highest BCUT2D eigenvalue weighted by Gasteiger charge is 2.31. The minimum absolute atomic E-state index is 0.130. The summed E-state index contributed by atoms with van der Waals surface area (Å²) in [5, 5.41) is 2.63. The maximum absolute atomic E-state index is 13.1. The topological polar surface area (TPSA) is 66.0 Å². The van der Waals surface area contributed by atoms with Gasteiger partial charge >= 0.3 is 0 Å². The van der Waals surface area contributed by atoms with Gasteiger partial charge in [0.1, 0.15) is 5.82 Å². The highest BCUT2D eigenvalue weighted by Crippen LogP contribution is 2.30. The van der Waals surface area contributed by atoms with Crippen molar-refractivity contribution in [3.05, 3.63) is 60.2 Å². The summed E-state index contributed by atoms with van der Waals surface area (Å²) in [6.07, 6.45) is 14.1. The van der Waals surface area contributed by atoms with E-state index in [2.05, 4.69) is 64.2 Å². The molecular formula is C38H52N4O3. The van der Waals surface area contributed by atoms with E-state index in [1.54, 1.807) is 0 Å². The number of imide groups is 1. The first-order chi connectivity index (χ1) is 22.1. The molecule has 3 aromatic rings. The Labute approximate surface area is 269 Å². The SMILES string of the molecule is CCCCCCCCCCCC(=O)N1C(=O)CCc2ccc(OCCCCN3CCN(c4cccc5ccccc45)CC3)nc21. The van der Waals surface area contributed by atoms with Crippen LogP contribution in [0.4, 0.5) is 11.5 Å². The second-order valence-corrected chi connectivity index (χ2v) is 12.7. The smallest absolute Gasteiger partial charge is 0.235 e. The molecule has 0 radical (unpaired) electrons. The molecule has 2 aromatic carbocycles. The first kappa shape index (κ1) is 32.9. The molecule has 45 heavy (non-hydrogen) atoms. The third-order valence-corrected chi connectivity index (χ3v) is 9.34. The Morgan fingerprint density at radius 3 is 2.31 bits per heavy atom. The van der Waals surface area contributed by atoms with E-state index in [1.165, 1.54) is 59.9 Å². The van der Waals surface area contributed by atoms with Crippen LogP contribution in [0.1, 0.15) is 96.0 Å². The molecule has 1 aromatic heterocycles. The number of pyridine rings is 1. The molecule has 2 amide bonds. The van der Waals surface area contributed by atoms with Crippen molar-refractivity contribution >= 4 is 34.1 Å². The number of amides is 2. The van der Waals surface area contributed by atoms with E-state index < -0.39 is 0 Å². The standard InChI is InChI=1S/C38H52N4O3/c1-2-3-4-5-6-7-8-9-10-20-36(43)42-37(44)24-22-32-21-23-35(39-38(32)42)45-30-14-13-25-40-26-28-41(29-27-40)34-19-15-17-31-16-11-12-18-33(31)34/h11-12,15-19,21,23H,2-10,13-14,20,22,24-30H2,1H3. The molecule has 1 fully saturated rings. The van der Waals surface area contributed by atoms with Crippen LogP contribution in [0.15, 0.2) is 54.6 Å². The quantitative estimate of drug-likeness (QED) is 0.144. The van der Waals surface area contributed by atoms with Crippen LogP contribution in [-0.2, 0) is 16.0 Å². The van der Waals surface area contributed by atoms with Crippen molar-refractivity contribution in [3.8, 4) is 5.88 Å². The van der Waals surface area contributed by atoms with Crippen LogP contribution in [0.3, 0.4) is 0 Å². The van der Waals surface area contributed by atoms with Crippen LogP contribution in [0.5, 0.6) is 5.88 Å². The summed E-state index contributed by atoms with van der Waals surface area (Å²) in [6, 6.07) is 19.1. The van der Waals surface area contributed by atoms with Gasteiger partial charge in [0.2, 0.25) is 17.7 Å². The van der Waals surface area contributed by atoms with E-state index in [-0.39, 0.29) is 11.8 Å². The molecule has 5 rings (SSSR count).